The van der Waals surface area contributed by atoms with Crippen LogP contribution in [0.25, 0.3) is 5.69 Å². The average molecular weight is 308 g/mol. The van der Waals surface area contributed by atoms with Crippen molar-refractivity contribution in [1.29, 1.82) is 0 Å². The predicted molar refractivity (Wildman–Crippen MR) is 78.1 cm³/mol. The maximum Gasteiger partial charge on any atom is 0.110 e. The van der Waals surface area contributed by atoms with Crippen LogP contribution in [0, 0.1) is 6.92 Å². The van der Waals surface area contributed by atoms with E-state index in [1.807, 2.05) is 19.3 Å². The number of aromatic nitrogens is 2. The van der Waals surface area contributed by atoms with E-state index in [9.17, 15) is 0 Å². The summed E-state index contributed by atoms with van der Waals surface area (Å²) in [5, 5.41) is 0. The Hall–Kier alpha value is -1.13. The smallest absolute Gasteiger partial charge is 0.110 e. The van der Waals surface area contributed by atoms with E-state index in [2.05, 4.69) is 50.6 Å². The monoisotopic (exact) mass is 307 g/mol. The molecular weight excluding hydrogens is 290 g/mol. The van der Waals surface area contributed by atoms with Gasteiger partial charge in [-0.25, -0.2) is 4.98 Å². The molecule has 2 N–H and O–H groups in total. The number of hydrogen-bond donors (Lipinski definition) is 1. The molecule has 4 heteroatoms. The third kappa shape index (κ3) is 2.65. The van der Waals surface area contributed by atoms with Gasteiger partial charge in [0.2, 0.25) is 0 Å². The van der Waals surface area contributed by atoms with Crippen molar-refractivity contribution >= 4 is 15.9 Å². The summed E-state index contributed by atoms with van der Waals surface area (Å²) in [5.41, 5.74) is 8.04. The van der Waals surface area contributed by atoms with Gasteiger partial charge in [-0.05, 0) is 59.4 Å². The minimum absolute atomic E-state index is 0.490. The summed E-state index contributed by atoms with van der Waals surface area (Å²) < 4.78 is 3.16. The summed E-state index contributed by atoms with van der Waals surface area (Å²) in [6.45, 7) is 4.93. The Morgan fingerprint density at radius 1 is 1.44 bits per heavy atom. The van der Waals surface area contributed by atoms with Crippen LogP contribution in [-0.2, 0) is 0 Å². The van der Waals surface area contributed by atoms with Crippen LogP contribution in [-0.4, -0.2) is 16.1 Å². The van der Waals surface area contributed by atoms with Gasteiger partial charge in [0.15, 0.2) is 0 Å². The van der Waals surface area contributed by atoms with E-state index in [-0.39, 0.29) is 0 Å². The van der Waals surface area contributed by atoms with Crippen molar-refractivity contribution < 1.29 is 0 Å². The molecule has 0 bridgehead atoms. The number of nitrogens with zero attached hydrogens (tertiary/aromatic N) is 2. The van der Waals surface area contributed by atoms with Crippen molar-refractivity contribution in [2.24, 2.45) is 5.73 Å². The molecule has 0 radical (unpaired) electrons. The van der Waals surface area contributed by atoms with E-state index < -0.39 is 0 Å². The van der Waals surface area contributed by atoms with Crippen LogP contribution in [0.15, 0.2) is 35.1 Å². The lowest BCUT2D eigenvalue weighted by atomic mass is 9.98. The number of halogens is 1. The molecule has 0 saturated carbocycles. The number of rotatable bonds is 4. The second-order valence-corrected chi connectivity index (χ2v) is 5.39. The Morgan fingerprint density at radius 3 is 2.78 bits per heavy atom. The molecule has 1 heterocycles. The summed E-state index contributed by atoms with van der Waals surface area (Å²) >= 11 is 3.64. The lowest BCUT2D eigenvalue weighted by Crippen LogP contribution is -2.05. The summed E-state index contributed by atoms with van der Waals surface area (Å²) in [6.07, 6.45) is 4.79. The van der Waals surface area contributed by atoms with Crippen LogP contribution < -0.4 is 5.73 Å². The normalized spacial score (nSPS) is 12.7. The zero-order chi connectivity index (χ0) is 13.1. The fourth-order valence-corrected chi connectivity index (χ4v) is 2.66. The topological polar surface area (TPSA) is 43.8 Å². The number of benzene rings is 1. The highest BCUT2D eigenvalue weighted by Gasteiger charge is 2.09. The largest absolute Gasteiger partial charge is 0.330 e. The molecule has 0 fully saturated rings. The minimum Gasteiger partial charge on any atom is -0.330 e. The third-order valence-corrected chi connectivity index (χ3v) is 3.86. The Morgan fingerprint density at radius 2 is 2.22 bits per heavy atom. The first-order valence-corrected chi connectivity index (χ1v) is 6.92. The number of imidazole rings is 1. The second-order valence-electron chi connectivity index (χ2n) is 4.53. The molecule has 96 valence electrons. The lowest BCUT2D eigenvalue weighted by molar-refractivity contribution is 0.689. The lowest BCUT2D eigenvalue weighted by Gasteiger charge is -2.14. The van der Waals surface area contributed by atoms with Gasteiger partial charge in [0, 0.05) is 16.9 Å². The van der Waals surface area contributed by atoms with Gasteiger partial charge in [0.05, 0.1) is 5.69 Å². The van der Waals surface area contributed by atoms with Crippen molar-refractivity contribution in [3.63, 3.8) is 0 Å². The average Bonchev–Trinajstić information content (AvgIpc) is 2.75. The quantitative estimate of drug-likeness (QED) is 0.941. The predicted octanol–water partition coefficient (Wildman–Crippen LogP) is 3.40. The molecule has 0 aliphatic carbocycles. The first kappa shape index (κ1) is 13.3. The molecule has 1 atom stereocenters. The molecule has 0 saturated heterocycles. The highest BCUT2D eigenvalue weighted by atomic mass is 79.9. The van der Waals surface area contributed by atoms with E-state index in [0.717, 1.165) is 29.0 Å². The molecule has 1 unspecified atom stereocenters. The van der Waals surface area contributed by atoms with Crippen molar-refractivity contribution in [3.8, 4) is 5.69 Å². The Kier molecular flexibility index (Phi) is 4.19. The number of aryl methyl sites for hydroxylation is 1. The molecule has 0 aliphatic rings. The second kappa shape index (κ2) is 5.67. The molecule has 0 spiro atoms. The highest BCUT2D eigenvalue weighted by Crippen LogP contribution is 2.27. The third-order valence-electron chi connectivity index (χ3n) is 3.23. The Balaban J connectivity index is 2.34. The minimum atomic E-state index is 0.490. The molecule has 1 aromatic heterocycles. The summed E-state index contributed by atoms with van der Waals surface area (Å²) in [4.78, 5) is 4.25. The van der Waals surface area contributed by atoms with Crippen LogP contribution in [0.5, 0.6) is 0 Å². The van der Waals surface area contributed by atoms with Crippen LogP contribution in [0.4, 0.5) is 0 Å². The first-order chi connectivity index (χ1) is 8.63. The standard InChI is InChI=1S/C14H18BrN3/c1-10(5-6-16)12-3-4-14(13(15)9-12)18-8-7-17-11(18)2/h3-4,7-10H,5-6,16H2,1-2H3. The maximum absolute atomic E-state index is 5.61. The molecule has 2 aromatic rings. The van der Waals surface area contributed by atoms with E-state index in [0.29, 0.717) is 5.92 Å². The highest BCUT2D eigenvalue weighted by molar-refractivity contribution is 9.10. The molecule has 0 amide bonds. The molecule has 0 aliphatic heterocycles. The van der Waals surface area contributed by atoms with Crippen molar-refractivity contribution in [2.75, 3.05) is 6.54 Å². The summed E-state index contributed by atoms with van der Waals surface area (Å²) in [5.74, 6) is 1.47. The summed E-state index contributed by atoms with van der Waals surface area (Å²) in [7, 11) is 0. The van der Waals surface area contributed by atoms with E-state index in [1.165, 1.54) is 5.56 Å². The summed E-state index contributed by atoms with van der Waals surface area (Å²) in [6, 6.07) is 6.47. The van der Waals surface area contributed by atoms with Crippen molar-refractivity contribution in [2.45, 2.75) is 26.2 Å². The van der Waals surface area contributed by atoms with Gasteiger partial charge in [-0.1, -0.05) is 13.0 Å². The fourth-order valence-electron chi connectivity index (χ4n) is 2.07. The van der Waals surface area contributed by atoms with E-state index in [4.69, 9.17) is 5.73 Å². The first-order valence-electron chi connectivity index (χ1n) is 6.13. The molecule has 3 nitrogen and oxygen atoms in total. The Labute approximate surface area is 116 Å². The van der Waals surface area contributed by atoms with Gasteiger partial charge < -0.3 is 10.3 Å². The van der Waals surface area contributed by atoms with Crippen LogP contribution in [0.3, 0.4) is 0 Å². The number of hydrogen-bond acceptors (Lipinski definition) is 2. The fraction of sp³-hybridized carbons (Fsp3) is 0.357. The SMILES string of the molecule is Cc1nccn1-c1ccc(C(C)CCN)cc1Br. The zero-order valence-electron chi connectivity index (χ0n) is 10.7. The van der Waals surface area contributed by atoms with E-state index >= 15 is 0 Å². The van der Waals surface area contributed by atoms with E-state index in [1.54, 1.807) is 0 Å². The molecule has 1 aromatic carbocycles. The molecule has 18 heavy (non-hydrogen) atoms. The van der Waals surface area contributed by atoms with Gasteiger partial charge in [-0.15, -0.1) is 0 Å². The van der Waals surface area contributed by atoms with Gasteiger partial charge in [0.1, 0.15) is 5.82 Å². The Bertz CT molecular complexity index is 534. The maximum atomic E-state index is 5.61. The van der Waals surface area contributed by atoms with Crippen LogP contribution in [0.1, 0.15) is 30.7 Å². The van der Waals surface area contributed by atoms with Gasteiger partial charge in [0.25, 0.3) is 0 Å². The van der Waals surface area contributed by atoms with Crippen LogP contribution in [0.2, 0.25) is 0 Å². The van der Waals surface area contributed by atoms with Crippen molar-refractivity contribution in [3.05, 3.63) is 46.5 Å². The van der Waals surface area contributed by atoms with Crippen LogP contribution >= 0.6 is 15.9 Å². The van der Waals surface area contributed by atoms with Gasteiger partial charge >= 0.3 is 0 Å². The molecule has 2 rings (SSSR count). The van der Waals surface area contributed by atoms with Gasteiger partial charge in [-0.3, -0.25) is 0 Å². The molecular formula is C14H18BrN3. The van der Waals surface area contributed by atoms with Gasteiger partial charge in [-0.2, -0.15) is 0 Å². The van der Waals surface area contributed by atoms with Crippen molar-refractivity contribution in [1.82, 2.24) is 9.55 Å². The number of nitrogens with two attached hydrogens (primary N) is 1. The zero-order valence-corrected chi connectivity index (χ0v) is 12.3.